The molecule has 4 heteroatoms. The van der Waals surface area contributed by atoms with Crippen molar-refractivity contribution in [2.45, 2.75) is 45.1 Å². The zero-order valence-corrected chi connectivity index (χ0v) is 12.4. The van der Waals surface area contributed by atoms with Crippen molar-refractivity contribution < 1.29 is 9.53 Å². The molecule has 20 heavy (non-hydrogen) atoms. The molecule has 1 aliphatic carbocycles. The molecule has 0 radical (unpaired) electrons. The number of ether oxygens (including phenoxy) is 1. The minimum atomic E-state index is -0.371. The summed E-state index contributed by atoms with van der Waals surface area (Å²) in [4.78, 5) is 14.1. The number of hydrogen-bond acceptors (Lipinski definition) is 4. The van der Waals surface area contributed by atoms with Gasteiger partial charge in [0, 0.05) is 24.0 Å². The number of hydrogen-bond donors (Lipinski definition) is 1. The number of benzene rings is 1. The lowest BCUT2D eigenvalue weighted by Crippen LogP contribution is -2.36. The van der Waals surface area contributed by atoms with Crippen LogP contribution in [0.5, 0.6) is 0 Å². The Labute approximate surface area is 120 Å². The van der Waals surface area contributed by atoms with Gasteiger partial charge in [0.2, 0.25) is 0 Å². The van der Waals surface area contributed by atoms with Gasteiger partial charge < -0.3 is 15.4 Å². The van der Waals surface area contributed by atoms with Gasteiger partial charge in [-0.1, -0.05) is 19.3 Å². The fourth-order valence-electron chi connectivity index (χ4n) is 3.05. The highest BCUT2D eigenvalue weighted by Gasteiger charge is 2.21. The summed E-state index contributed by atoms with van der Waals surface area (Å²) in [6, 6.07) is 6.23. The number of nitrogens with two attached hydrogens (primary N) is 1. The van der Waals surface area contributed by atoms with E-state index in [1.54, 1.807) is 6.07 Å². The quantitative estimate of drug-likeness (QED) is 0.677. The van der Waals surface area contributed by atoms with Crippen LogP contribution in [-0.4, -0.2) is 25.7 Å². The van der Waals surface area contributed by atoms with Gasteiger partial charge in [-0.15, -0.1) is 0 Å². The van der Waals surface area contributed by atoms with Gasteiger partial charge in [0.25, 0.3) is 0 Å². The third kappa shape index (κ3) is 3.06. The Bertz CT molecular complexity index is 468. The first kappa shape index (κ1) is 14.7. The molecule has 4 nitrogen and oxygen atoms in total. The SMILES string of the molecule is CCN(c1ccc(N)c(C(=O)OC)c1)C1CCCCC1. The predicted octanol–water partition coefficient (Wildman–Crippen LogP) is 3.21. The topological polar surface area (TPSA) is 55.6 Å². The molecule has 0 amide bonds. The zero-order chi connectivity index (χ0) is 14.5. The molecule has 1 fully saturated rings. The molecule has 1 aromatic rings. The number of nitrogens with zero attached hydrogens (tertiary/aromatic N) is 1. The van der Waals surface area contributed by atoms with E-state index < -0.39 is 0 Å². The van der Waals surface area contributed by atoms with Crippen LogP contribution in [0.2, 0.25) is 0 Å². The van der Waals surface area contributed by atoms with Crippen molar-refractivity contribution in [3.05, 3.63) is 23.8 Å². The summed E-state index contributed by atoms with van der Waals surface area (Å²) in [5.74, 6) is -0.371. The minimum Gasteiger partial charge on any atom is -0.465 e. The molecule has 110 valence electrons. The number of anilines is 2. The van der Waals surface area contributed by atoms with E-state index in [1.807, 2.05) is 12.1 Å². The average molecular weight is 276 g/mol. The van der Waals surface area contributed by atoms with Crippen LogP contribution in [0, 0.1) is 0 Å². The molecule has 1 aromatic carbocycles. The van der Waals surface area contributed by atoms with Crippen molar-refractivity contribution in [2.24, 2.45) is 0 Å². The van der Waals surface area contributed by atoms with Crippen molar-refractivity contribution in [1.82, 2.24) is 0 Å². The van der Waals surface area contributed by atoms with Gasteiger partial charge in [0.1, 0.15) is 0 Å². The number of nitrogen functional groups attached to an aromatic ring is 1. The Morgan fingerprint density at radius 1 is 1.35 bits per heavy atom. The average Bonchev–Trinajstić information content (AvgIpc) is 2.50. The molecule has 0 unspecified atom stereocenters. The first-order valence-corrected chi connectivity index (χ1v) is 7.41. The van der Waals surface area contributed by atoms with Crippen LogP contribution in [0.1, 0.15) is 49.4 Å². The summed E-state index contributed by atoms with van der Waals surface area (Å²) in [6.07, 6.45) is 6.38. The summed E-state index contributed by atoms with van der Waals surface area (Å²) < 4.78 is 4.79. The first-order chi connectivity index (χ1) is 9.67. The Hall–Kier alpha value is -1.71. The number of rotatable bonds is 4. The molecule has 2 N–H and O–H groups in total. The number of carbonyl (C=O) groups is 1. The summed E-state index contributed by atoms with van der Waals surface area (Å²) in [5, 5.41) is 0. The number of esters is 1. The van der Waals surface area contributed by atoms with Gasteiger partial charge in [-0.3, -0.25) is 0 Å². The Balaban J connectivity index is 2.27. The van der Waals surface area contributed by atoms with Crippen molar-refractivity contribution in [1.29, 1.82) is 0 Å². The molecule has 0 heterocycles. The van der Waals surface area contributed by atoms with Crippen LogP contribution < -0.4 is 10.6 Å². The van der Waals surface area contributed by atoms with E-state index in [1.165, 1.54) is 39.2 Å². The molecular weight excluding hydrogens is 252 g/mol. The minimum absolute atomic E-state index is 0.371. The van der Waals surface area contributed by atoms with Gasteiger partial charge in [-0.05, 0) is 38.0 Å². The van der Waals surface area contributed by atoms with Crippen molar-refractivity contribution >= 4 is 17.3 Å². The summed E-state index contributed by atoms with van der Waals surface area (Å²) >= 11 is 0. The van der Waals surface area contributed by atoms with Gasteiger partial charge in [0.15, 0.2) is 0 Å². The van der Waals surface area contributed by atoms with E-state index in [2.05, 4.69) is 11.8 Å². The van der Waals surface area contributed by atoms with Crippen molar-refractivity contribution in [3.63, 3.8) is 0 Å². The zero-order valence-electron chi connectivity index (χ0n) is 12.4. The largest absolute Gasteiger partial charge is 0.465 e. The third-order valence-corrected chi connectivity index (χ3v) is 4.13. The van der Waals surface area contributed by atoms with Crippen molar-refractivity contribution in [3.8, 4) is 0 Å². The van der Waals surface area contributed by atoms with E-state index in [-0.39, 0.29) is 5.97 Å². The number of methoxy groups -OCH3 is 1. The summed E-state index contributed by atoms with van der Waals surface area (Å²) in [6.45, 7) is 3.10. The van der Waals surface area contributed by atoms with E-state index in [4.69, 9.17) is 10.5 Å². The molecule has 1 aliphatic rings. The van der Waals surface area contributed by atoms with Gasteiger partial charge in [-0.25, -0.2) is 4.79 Å². The lowest BCUT2D eigenvalue weighted by Gasteiger charge is -2.35. The highest BCUT2D eigenvalue weighted by Crippen LogP contribution is 2.29. The lowest BCUT2D eigenvalue weighted by atomic mass is 9.93. The maximum Gasteiger partial charge on any atom is 0.340 e. The predicted molar refractivity (Wildman–Crippen MR) is 82.1 cm³/mol. The van der Waals surface area contributed by atoms with E-state index in [0.717, 1.165) is 12.2 Å². The second kappa shape index (κ2) is 6.64. The Morgan fingerprint density at radius 3 is 2.65 bits per heavy atom. The fourth-order valence-corrected chi connectivity index (χ4v) is 3.05. The van der Waals surface area contributed by atoms with Crippen molar-refractivity contribution in [2.75, 3.05) is 24.3 Å². The molecule has 0 saturated heterocycles. The second-order valence-corrected chi connectivity index (χ2v) is 5.34. The monoisotopic (exact) mass is 276 g/mol. The second-order valence-electron chi connectivity index (χ2n) is 5.34. The van der Waals surface area contributed by atoms with Crippen LogP contribution in [0.4, 0.5) is 11.4 Å². The standard InChI is InChI=1S/C16H24N2O2/c1-3-18(12-7-5-4-6-8-12)13-9-10-15(17)14(11-13)16(19)20-2/h9-12H,3-8,17H2,1-2H3. The van der Waals surface area contributed by atoms with Crippen LogP contribution >= 0.6 is 0 Å². The van der Waals surface area contributed by atoms with Crippen LogP contribution in [0.25, 0.3) is 0 Å². The smallest absolute Gasteiger partial charge is 0.340 e. The normalized spacial score (nSPS) is 15.9. The van der Waals surface area contributed by atoms with E-state index in [9.17, 15) is 4.79 Å². The van der Waals surface area contributed by atoms with E-state index in [0.29, 0.717) is 17.3 Å². The summed E-state index contributed by atoms with van der Waals surface area (Å²) in [5.41, 5.74) is 7.86. The maximum absolute atomic E-state index is 11.8. The molecule has 0 bridgehead atoms. The number of carbonyl (C=O) groups excluding carboxylic acids is 1. The highest BCUT2D eigenvalue weighted by molar-refractivity contribution is 5.96. The Kier molecular flexibility index (Phi) is 4.88. The molecule has 1 saturated carbocycles. The van der Waals surface area contributed by atoms with E-state index >= 15 is 0 Å². The molecule has 0 spiro atoms. The molecule has 0 aliphatic heterocycles. The first-order valence-electron chi connectivity index (χ1n) is 7.41. The van der Waals surface area contributed by atoms with Gasteiger partial charge >= 0.3 is 5.97 Å². The van der Waals surface area contributed by atoms with Gasteiger partial charge in [-0.2, -0.15) is 0 Å². The fraction of sp³-hybridized carbons (Fsp3) is 0.562. The van der Waals surface area contributed by atoms with Crippen LogP contribution in [0.15, 0.2) is 18.2 Å². The highest BCUT2D eigenvalue weighted by atomic mass is 16.5. The Morgan fingerprint density at radius 2 is 2.05 bits per heavy atom. The van der Waals surface area contributed by atoms with Crippen LogP contribution in [-0.2, 0) is 4.74 Å². The molecular formula is C16H24N2O2. The van der Waals surface area contributed by atoms with Gasteiger partial charge in [0.05, 0.1) is 12.7 Å². The molecule has 2 rings (SSSR count). The third-order valence-electron chi connectivity index (χ3n) is 4.13. The molecule has 0 aromatic heterocycles. The van der Waals surface area contributed by atoms with Crippen LogP contribution in [0.3, 0.4) is 0 Å². The lowest BCUT2D eigenvalue weighted by molar-refractivity contribution is 0.0602. The maximum atomic E-state index is 11.8. The summed E-state index contributed by atoms with van der Waals surface area (Å²) in [7, 11) is 1.38. The molecule has 0 atom stereocenters.